The van der Waals surface area contributed by atoms with Crippen LogP contribution in [0, 0.1) is 6.92 Å². The average Bonchev–Trinajstić information content (AvgIpc) is 2.60. The van der Waals surface area contributed by atoms with Crippen LogP contribution in [-0.2, 0) is 0 Å². The minimum absolute atomic E-state index is 0.0185. The average molecular weight is 325 g/mol. The summed E-state index contributed by atoms with van der Waals surface area (Å²) in [6.45, 7) is 2.45. The number of hydrogen-bond donors (Lipinski definition) is 1. The number of ether oxygens (including phenoxy) is 1. The lowest BCUT2D eigenvalue weighted by Crippen LogP contribution is -2.01. The molecule has 0 aliphatic heterocycles. The zero-order valence-electron chi connectivity index (χ0n) is 13.2. The number of rotatable bonds is 5. The Morgan fingerprint density at radius 2 is 1.91 bits per heavy atom. The molecular weight excluding hydrogens is 306 g/mol. The Morgan fingerprint density at radius 3 is 2.61 bits per heavy atom. The summed E-state index contributed by atoms with van der Waals surface area (Å²) in [5, 5.41) is 10.0. The normalized spacial score (nSPS) is 10.9. The van der Waals surface area contributed by atoms with E-state index in [2.05, 4.69) is 37.4 Å². The molecule has 118 valence electrons. The lowest BCUT2D eigenvalue weighted by molar-refractivity contribution is 0.201. The number of aryl methyl sites for hydroxylation is 1. The highest BCUT2D eigenvalue weighted by Crippen LogP contribution is 2.30. The van der Waals surface area contributed by atoms with Crippen molar-refractivity contribution in [1.82, 2.24) is 4.98 Å². The van der Waals surface area contributed by atoms with Gasteiger partial charge < -0.3 is 9.84 Å². The lowest BCUT2D eigenvalue weighted by Gasteiger charge is -2.10. The van der Waals surface area contributed by atoms with Crippen molar-refractivity contribution in [2.24, 2.45) is 0 Å². The van der Waals surface area contributed by atoms with Gasteiger partial charge in [-0.15, -0.1) is 11.8 Å². The van der Waals surface area contributed by atoms with Crippen molar-refractivity contribution in [3.63, 3.8) is 0 Å². The predicted molar refractivity (Wildman–Crippen MR) is 96.3 cm³/mol. The van der Waals surface area contributed by atoms with E-state index in [4.69, 9.17) is 14.8 Å². The van der Waals surface area contributed by atoms with Crippen molar-refractivity contribution in [2.45, 2.75) is 11.8 Å². The maximum absolute atomic E-state index is 8.80. The SMILES string of the molecule is CSc1cccc2c(C)cc(-c3ccc(OCCO)cc3)nc12. The molecule has 0 amide bonds. The van der Waals surface area contributed by atoms with Gasteiger partial charge in [0.25, 0.3) is 0 Å². The number of fused-ring (bicyclic) bond motifs is 1. The fourth-order valence-corrected chi connectivity index (χ4v) is 3.15. The molecule has 0 radical (unpaired) electrons. The second-order valence-corrected chi connectivity index (χ2v) is 6.13. The van der Waals surface area contributed by atoms with Crippen LogP contribution in [-0.4, -0.2) is 29.6 Å². The fraction of sp³-hybridized carbons (Fsp3) is 0.211. The molecule has 3 rings (SSSR count). The Labute approximate surface area is 140 Å². The topological polar surface area (TPSA) is 42.4 Å². The van der Waals surface area contributed by atoms with Crippen LogP contribution >= 0.6 is 11.8 Å². The summed E-state index contributed by atoms with van der Waals surface area (Å²) in [7, 11) is 0. The molecule has 3 aromatic rings. The number of benzene rings is 2. The molecule has 4 heteroatoms. The molecule has 0 saturated carbocycles. The van der Waals surface area contributed by atoms with E-state index in [1.165, 1.54) is 15.8 Å². The highest BCUT2D eigenvalue weighted by Gasteiger charge is 2.08. The van der Waals surface area contributed by atoms with Gasteiger partial charge in [-0.25, -0.2) is 4.98 Å². The van der Waals surface area contributed by atoms with Crippen molar-refractivity contribution in [3.05, 3.63) is 54.1 Å². The third kappa shape index (κ3) is 3.33. The Hall–Kier alpha value is -2.04. The van der Waals surface area contributed by atoms with Gasteiger partial charge in [0.2, 0.25) is 0 Å². The van der Waals surface area contributed by atoms with Gasteiger partial charge in [-0.1, -0.05) is 12.1 Å². The Bertz CT molecular complexity index is 815. The van der Waals surface area contributed by atoms with E-state index in [0.717, 1.165) is 22.5 Å². The number of para-hydroxylation sites is 1. The van der Waals surface area contributed by atoms with E-state index in [0.29, 0.717) is 6.61 Å². The van der Waals surface area contributed by atoms with E-state index in [9.17, 15) is 0 Å². The molecule has 0 unspecified atom stereocenters. The maximum atomic E-state index is 8.80. The highest BCUT2D eigenvalue weighted by molar-refractivity contribution is 7.98. The molecule has 0 atom stereocenters. The summed E-state index contributed by atoms with van der Waals surface area (Å²) in [5.74, 6) is 0.755. The first kappa shape index (κ1) is 15.8. The van der Waals surface area contributed by atoms with Gasteiger partial charge >= 0.3 is 0 Å². The molecule has 23 heavy (non-hydrogen) atoms. The summed E-state index contributed by atoms with van der Waals surface area (Å²) in [5.41, 5.74) is 4.30. The molecule has 0 saturated heterocycles. The second-order valence-electron chi connectivity index (χ2n) is 5.28. The zero-order valence-corrected chi connectivity index (χ0v) is 14.1. The minimum atomic E-state index is 0.0185. The van der Waals surface area contributed by atoms with Gasteiger partial charge in [-0.2, -0.15) is 0 Å². The van der Waals surface area contributed by atoms with Crippen molar-refractivity contribution < 1.29 is 9.84 Å². The van der Waals surface area contributed by atoms with Crippen LogP contribution in [0.1, 0.15) is 5.56 Å². The van der Waals surface area contributed by atoms with Gasteiger partial charge in [-0.05, 0) is 55.1 Å². The molecule has 0 aliphatic rings. The lowest BCUT2D eigenvalue weighted by atomic mass is 10.1. The number of aliphatic hydroxyl groups is 1. The minimum Gasteiger partial charge on any atom is -0.491 e. The van der Waals surface area contributed by atoms with E-state index >= 15 is 0 Å². The van der Waals surface area contributed by atoms with Gasteiger partial charge in [-0.3, -0.25) is 0 Å². The first-order valence-corrected chi connectivity index (χ1v) is 8.74. The molecule has 1 aromatic heterocycles. The summed E-state index contributed by atoms with van der Waals surface area (Å²) in [4.78, 5) is 6.06. The van der Waals surface area contributed by atoms with Crippen molar-refractivity contribution in [3.8, 4) is 17.0 Å². The number of nitrogens with zero attached hydrogens (tertiary/aromatic N) is 1. The van der Waals surface area contributed by atoms with E-state index < -0.39 is 0 Å². The van der Waals surface area contributed by atoms with Crippen LogP contribution in [0.5, 0.6) is 5.75 Å². The first-order valence-electron chi connectivity index (χ1n) is 7.51. The number of aliphatic hydroxyl groups excluding tert-OH is 1. The van der Waals surface area contributed by atoms with Crippen LogP contribution in [0.4, 0.5) is 0 Å². The summed E-state index contributed by atoms with van der Waals surface area (Å²) >= 11 is 1.72. The molecule has 0 bridgehead atoms. The number of hydrogen-bond acceptors (Lipinski definition) is 4. The van der Waals surface area contributed by atoms with Crippen LogP contribution < -0.4 is 4.74 Å². The number of aromatic nitrogens is 1. The molecule has 0 aliphatic carbocycles. The van der Waals surface area contributed by atoms with Gasteiger partial charge in [0.15, 0.2) is 0 Å². The summed E-state index contributed by atoms with van der Waals surface area (Å²) < 4.78 is 5.40. The smallest absolute Gasteiger partial charge is 0.119 e. The third-order valence-electron chi connectivity index (χ3n) is 3.74. The number of pyridine rings is 1. The summed E-state index contributed by atoms with van der Waals surface area (Å²) in [6, 6.07) is 16.2. The zero-order chi connectivity index (χ0) is 16.2. The molecule has 1 N–H and O–H groups in total. The van der Waals surface area contributed by atoms with Crippen molar-refractivity contribution >= 4 is 22.7 Å². The highest BCUT2D eigenvalue weighted by atomic mass is 32.2. The predicted octanol–water partition coefficient (Wildman–Crippen LogP) is 4.30. The first-order chi connectivity index (χ1) is 11.2. The van der Waals surface area contributed by atoms with Gasteiger partial charge in [0.1, 0.15) is 12.4 Å². The van der Waals surface area contributed by atoms with Crippen LogP contribution in [0.15, 0.2) is 53.4 Å². The van der Waals surface area contributed by atoms with E-state index in [-0.39, 0.29) is 6.61 Å². The molecule has 3 nitrogen and oxygen atoms in total. The fourth-order valence-electron chi connectivity index (χ4n) is 2.59. The number of thioether (sulfide) groups is 1. The molecular formula is C19H19NO2S. The van der Waals surface area contributed by atoms with Gasteiger partial charge in [0.05, 0.1) is 17.8 Å². The van der Waals surface area contributed by atoms with Gasteiger partial charge in [0, 0.05) is 15.8 Å². The maximum Gasteiger partial charge on any atom is 0.119 e. The van der Waals surface area contributed by atoms with Crippen LogP contribution in [0.3, 0.4) is 0 Å². The van der Waals surface area contributed by atoms with Crippen molar-refractivity contribution in [1.29, 1.82) is 0 Å². The standard InChI is InChI=1S/C19H19NO2S/c1-13-12-17(14-6-8-15(9-7-14)22-11-10-21)20-19-16(13)4-3-5-18(19)23-2/h3-9,12,21H,10-11H2,1-2H3. The van der Waals surface area contributed by atoms with E-state index in [1.54, 1.807) is 11.8 Å². The van der Waals surface area contributed by atoms with Crippen molar-refractivity contribution in [2.75, 3.05) is 19.5 Å². The quantitative estimate of drug-likeness (QED) is 0.710. The summed E-state index contributed by atoms with van der Waals surface area (Å²) in [6.07, 6.45) is 2.08. The molecule has 1 heterocycles. The Morgan fingerprint density at radius 1 is 1.13 bits per heavy atom. The van der Waals surface area contributed by atoms with Crippen LogP contribution in [0.25, 0.3) is 22.2 Å². The third-order valence-corrected chi connectivity index (χ3v) is 4.51. The monoisotopic (exact) mass is 325 g/mol. The molecule has 2 aromatic carbocycles. The largest absolute Gasteiger partial charge is 0.491 e. The van der Waals surface area contributed by atoms with E-state index in [1.807, 2.05) is 24.3 Å². The van der Waals surface area contributed by atoms with Crippen LogP contribution in [0.2, 0.25) is 0 Å². The molecule has 0 fully saturated rings. The molecule has 0 spiro atoms. The Kier molecular flexibility index (Phi) is 4.84. The second kappa shape index (κ2) is 7.02. The Balaban J connectivity index is 2.02.